The number of halogens is 5. The van der Waals surface area contributed by atoms with Gasteiger partial charge in [0.1, 0.15) is 17.2 Å². The van der Waals surface area contributed by atoms with E-state index in [1.165, 1.54) is 32.1 Å². The summed E-state index contributed by atoms with van der Waals surface area (Å²) in [6.45, 7) is 2.18. The molecule has 0 saturated heterocycles. The first-order valence-electron chi connectivity index (χ1n) is 12.1. The van der Waals surface area contributed by atoms with E-state index < -0.39 is 40.6 Å². The lowest BCUT2D eigenvalue weighted by Crippen LogP contribution is -2.16. The largest absolute Gasteiger partial charge is 0.477 e. The van der Waals surface area contributed by atoms with E-state index in [1.807, 2.05) is 0 Å². The Bertz CT molecular complexity index is 990. The van der Waals surface area contributed by atoms with Gasteiger partial charge in [-0.15, -0.1) is 0 Å². The highest BCUT2D eigenvalue weighted by atomic mass is 19.2. The number of carboxylic acids is 1. The average Bonchev–Trinajstić information content (AvgIpc) is 2.79. The van der Waals surface area contributed by atoms with Crippen LogP contribution in [-0.4, -0.2) is 11.1 Å². The van der Waals surface area contributed by atoms with Crippen LogP contribution in [0, 0.1) is 35.0 Å². The summed E-state index contributed by atoms with van der Waals surface area (Å²) in [6.07, 6.45) is 11.3. The number of rotatable bonds is 10. The topological polar surface area (TPSA) is 37.3 Å². The molecule has 0 aromatic heterocycles. The maximum atomic E-state index is 15.3. The number of carbonyl (C=O) groups is 1. The van der Waals surface area contributed by atoms with Crippen molar-refractivity contribution < 1.29 is 31.9 Å². The number of unbranched alkanes of at least 4 members (excludes halogenated alkanes) is 5. The molecule has 0 heterocycles. The average molecular weight is 483 g/mol. The molecular formula is C27H31F5O2. The molecule has 1 saturated carbocycles. The van der Waals surface area contributed by atoms with Gasteiger partial charge in [0.2, 0.25) is 0 Å². The molecule has 0 radical (unpaired) electrons. The van der Waals surface area contributed by atoms with E-state index in [0.717, 1.165) is 31.7 Å². The summed E-state index contributed by atoms with van der Waals surface area (Å²) < 4.78 is 71.1. The highest BCUT2D eigenvalue weighted by Crippen LogP contribution is 2.43. The second kappa shape index (κ2) is 11.8. The van der Waals surface area contributed by atoms with Crippen molar-refractivity contribution in [2.24, 2.45) is 5.92 Å². The van der Waals surface area contributed by atoms with Gasteiger partial charge in [0, 0.05) is 5.56 Å². The zero-order valence-electron chi connectivity index (χ0n) is 19.4. The second-order valence-electron chi connectivity index (χ2n) is 9.34. The van der Waals surface area contributed by atoms with E-state index in [2.05, 4.69) is 6.92 Å². The van der Waals surface area contributed by atoms with Gasteiger partial charge in [0.05, 0.1) is 0 Å². The Hall–Kier alpha value is -2.44. The molecule has 2 aromatic rings. The Labute approximate surface area is 197 Å². The molecule has 0 amide bonds. The lowest BCUT2D eigenvalue weighted by molar-refractivity contribution is 0.0686. The van der Waals surface area contributed by atoms with E-state index in [0.29, 0.717) is 30.9 Å². The fourth-order valence-corrected chi connectivity index (χ4v) is 5.12. The highest BCUT2D eigenvalue weighted by Gasteiger charge is 2.31. The van der Waals surface area contributed by atoms with Gasteiger partial charge in [-0.25, -0.2) is 26.7 Å². The third-order valence-electron chi connectivity index (χ3n) is 6.99. The molecule has 7 heteroatoms. The quantitative estimate of drug-likeness (QED) is 0.209. The van der Waals surface area contributed by atoms with Crippen LogP contribution in [-0.2, 0) is 0 Å². The minimum absolute atomic E-state index is 0.170. The van der Waals surface area contributed by atoms with Crippen LogP contribution in [0.4, 0.5) is 22.0 Å². The lowest BCUT2D eigenvalue weighted by Gasteiger charge is -2.30. The minimum Gasteiger partial charge on any atom is -0.477 e. The van der Waals surface area contributed by atoms with Gasteiger partial charge < -0.3 is 5.11 Å². The van der Waals surface area contributed by atoms with E-state index in [4.69, 9.17) is 0 Å². The maximum absolute atomic E-state index is 15.3. The molecule has 3 rings (SSSR count). The molecule has 1 fully saturated rings. The van der Waals surface area contributed by atoms with Gasteiger partial charge in [-0.3, -0.25) is 0 Å². The molecular weight excluding hydrogens is 451 g/mol. The molecule has 0 spiro atoms. The van der Waals surface area contributed by atoms with Crippen LogP contribution < -0.4 is 0 Å². The molecule has 1 N–H and O–H groups in total. The Morgan fingerprint density at radius 2 is 1.41 bits per heavy atom. The van der Waals surface area contributed by atoms with E-state index in [9.17, 15) is 27.5 Å². The fraction of sp³-hybridized carbons (Fsp3) is 0.519. The molecule has 186 valence electrons. The Morgan fingerprint density at radius 1 is 0.824 bits per heavy atom. The summed E-state index contributed by atoms with van der Waals surface area (Å²) in [4.78, 5) is 11.4. The maximum Gasteiger partial charge on any atom is 0.341 e. The summed E-state index contributed by atoms with van der Waals surface area (Å²) in [6, 6.07) is 2.20. The van der Waals surface area contributed by atoms with E-state index in [-0.39, 0.29) is 22.6 Å². The summed E-state index contributed by atoms with van der Waals surface area (Å²) in [5.74, 6) is -9.00. The van der Waals surface area contributed by atoms with Crippen LogP contribution in [0.5, 0.6) is 0 Å². The minimum atomic E-state index is -1.83. The van der Waals surface area contributed by atoms with E-state index in [1.54, 1.807) is 0 Å². The number of carboxylic acid groups (broad SMARTS) is 1. The van der Waals surface area contributed by atoms with Crippen LogP contribution in [0.15, 0.2) is 18.2 Å². The summed E-state index contributed by atoms with van der Waals surface area (Å²) in [5, 5.41) is 9.27. The second-order valence-corrected chi connectivity index (χ2v) is 9.34. The van der Waals surface area contributed by atoms with Crippen molar-refractivity contribution >= 4 is 5.97 Å². The van der Waals surface area contributed by atoms with Crippen molar-refractivity contribution in [2.75, 3.05) is 0 Å². The predicted molar refractivity (Wildman–Crippen MR) is 121 cm³/mol. The Morgan fingerprint density at radius 3 is 2.00 bits per heavy atom. The van der Waals surface area contributed by atoms with Crippen molar-refractivity contribution in [3.63, 3.8) is 0 Å². The molecule has 1 aliphatic carbocycles. The van der Waals surface area contributed by atoms with Crippen molar-refractivity contribution in [1.29, 1.82) is 0 Å². The summed E-state index contributed by atoms with van der Waals surface area (Å²) in [7, 11) is 0. The van der Waals surface area contributed by atoms with Gasteiger partial charge in [-0.2, -0.15) is 0 Å². The van der Waals surface area contributed by atoms with Gasteiger partial charge in [-0.05, 0) is 66.8 Å². The summed E-state index contributed by atoms with van der Waals surface area (Å²) >= 11 is 0. The van der Waals surface area contributed by atoms with Gasteiger partial charge >= 0.3 is 5.97 Å². The molecule has 2 aromatic carbocycles. The standard InChI is InChI=1S/C27H31F5O2/c1-2-3-4-5-6-7-8-16-9-11-17(12-10-16)19-15-20(28)24(27(33)34)26(32)23(19)18-13-21(29)25(31)22(30)14-18/h13-17H,2-12H2,1H3,(H,33,34)/t16-,17-. The molecule has 34 heavy (non-hydrogen) atoms. The predicted octanol–water partition coefficient (Wildman–Crippen LogP) is 8.77. The van der Waals surface area contributed by atoms with Crippen molar-refractivity contribution in [3.8, 4) is 11.1 Å². The van der Waals surface area contributed by atoms with Crippen LogP contribution in [0.3, 0.4) is 0 Å². The number of hydrogen-bond donors (Lipinski definition) is 1. The van der Waals surface area contributed by atoms with Crippen LogP contribution in [0.1, 0.15) is 99.4 Å². The Kier molecular flexibility index (Phi) is 9.09. The normalized spacial score (nSPS) is 18.3. The third-order valence-corrected chi connectivity index (χ3v) is 6.99. The molecule has 0 aliphatic heterocycles. The Balaban J connectivity index is 1.83. The van der Waals surface area contributed by atoms with Crippen LogP contribution in [0.25, 0.3) is 11.1 Å². The number of hydrogen-bond acceptors (Lipinski definition) is 1. The molecule has 0 atom stereocenters. The van der Waals surface area contributed by atoms with Crippen LogP contribution >= 0.6 is 0 Å². The molecule has 1 aliphatic rings. The first-order valence-corrected chi connectivity index (χ1v) is 12.1. The highest BCUT2D eigenvalue weighted by molar-refractivity contribution is 5.91. The van der Waals surface area contributed by atoms with E-state index >= 15 is 4.39 Å². The van der Waals surface area contributed by atoms with Gasteiger partial charge in [0.25, 0.3) is 0 Å². The third kappa shape index (κ3) is 5.97. The molecule has 0 unspecified atom stereocenters. The zero-order valence-corrected chi connectivity index (χ0v) is 19.4. The van der Waals surface area contributed by atoms with Crippen LogP contribution in [0.2, 0.25) is 0 Å². The molecule has 2 nitrogen and oxygen atoms in total. The first-order chi connectivity index (χ1) is 16.2. The smallest absolute Gasteiger partial charge is 0.341 e. The first kappa shape index (κ1) is 26.2. The lowest BCUT2D eigenvalue weighted by atomic mass is 9.75. The zero-order chi connectivity index (χ0) is 24.8. The number of benzene rings is 2. The van der Waals surface area contributed by atoms with Crippen molar-refractivity contribution in [1.82, 2.24) is 0 Å². The number of aromatic carboxylic acids is 1. The summed E-state index contributed by atoms with van der Waals surface area (Å²) in [5.41, 5.74) is -1.75. The monoisotopic (exact) mass is 482 g/mol. The SMILES string of the molecule is CCCCCCCC[C@H]1CC[C@H](c2cc(F)c(C(=O)O)c(F)c2-c2cc(F)c(F)c(F)c2)CC1. The van der Waals surface area contributed by atoms with Crippen molar-refractivity contribution in [2.45, 2.75) is 83.5 Å². The van der Waals surface area contributed by atoms with Crippen molar-refractivity contribution in [3.05, 3.63) is 58.4 Å². The molecule has 0 bridgehead atoms. The fourth-order valence-electron chi connectivity index (χ4n) is 5.12. The van der Waals surface area contributed by atoms with Gasteiger partial charge in [-0.1, -0.05) is 51.9 Å². The van der Waals surface area contributed by atoms with Gasteiger partial charge in [0.15, 0.2) is 17.5 Å².